The van der Waals surface area contributed by atoms with Gasteiger partial charge in [-0.25, -0.2) is 4.79 Å². The largest absolute Gasteiger partial charge is 0.465 e. The summed E-state index contributed by atoms with van der Waals surface area (Å²) in [5.41, 5.74) is 3.11. The van der Waals surface area contributed by atoms with Crippen molar-refractivity contribution in [2.24, 2.45) is 7.05 Å². The Morgan fingerprint density at radius 1 is 1.35 bits per heavy atom. The van der Waals surface area contributed by atoms with E-state index in [1.54, 1.807) is 0 Å². The van der Waals surface area contributed by atoms with Gasteiger partial charge < -0.3 is 14.6 Å². The van der Waals surface area contributed by atoms with Gasteiger partial charge in [0.2, 0.25) is 0 Å². The van der Waals surface area contributed by atoms with E-state index in [4.69, 9.17) is 4.74 Å². The Labute approximate surface area is 118 Å². The summed E-state index contributed by atoms with van der Waals surface area (Å²) in [6.07, 6.45) is 4.21. The van der Waals surface area contributed by atoms with Crippen molar-refractivity contribution in [2.75, 3.05) is 20.2 Å². The third kappa shape index (κ3) is 2.20. The van der Waals surface area contributed by atoms with Crippen LogP contribution >= 0.6 is 0 Å². The van der Waals surface area contributed by atoms with Crippen LogP contribution in [0.4, 0.5) is 0 Å². The second-order valence-electron chi connectivity index (χ2n) is 5.45. The number of benzene rings is 1. The number of aryl methyl sites for hydroxylation is 1. The number of nitrogens with zero attached hydrogens (tertiary/aromatic N) is 1. The smallest absolute Gasteiger partial charge is 0.340 e. The summed E-state index contributed by atoms with van der Waals surface area (Å²) >= 11 is 0. The maximum atomic E-state index is 11.8. The Hall–Kier alpha value is -1.81. The van der Waals surface area contributed by atoms with Crippen LogP contribution in [0, 0.1) is 0 Å². The molecule has 106 valence electrons. The SMILES string of the molecule is COC(=O)c1cn(C)c2cc(C3CCNCC3)ccc12. The Morgan fingerprint density at radius 3 is 2.80 bits per heavy atom. The van der Waals surface area contributed by atoms with Gasteiger partial charge in [0.05, 0.1) is 12.7 Å². The van der Waals surface area contributed by atoms with E-state index in [9.17, 15) is 4.79 Å². The molecule has 0 amide bonds. The van der Waals surface area contributed by atoms with E-state index >= 15 is 0 Å². The van der Waals surface area contributed by atoms with Crippen LogP contribution in [-0.4, -0.2) is 30.7 Å². The van der Waals surface area contributed by atoms with E-state index in [-0.39, 0.29) is 5.97 Å². The highest BCUT2D eigenvalue weighted by Gasteiger charge is 2.18. The van der Waals surface area contributed by atoms with Crippen molar-refractivity contribution in [1.82, 2.24) is 9.88 Å². The molecule has 4 heteroatoms. The minimum absolute atomic E-state index is 0.273. The Morgan fingerprint density at radius 2 is 2.10 bits per heavy atom. The van der Waals surface area contributed by atoms with Gasteiger partial charge in [-0.05, 0) is 43.5 Å². The molecule has 3 rings (SSSR count). The van der Waals surface area contributed by atoms with E-state index in [0.29, 0.717) is 11.5 Å². The van der Waals surface area contributed by atoms with Crippen molar-refractivity contribution in [3.8, 4) is 0 Å². The van der Waals surface area contributed by atoms with Gasteiger partial charge in [-0.15, -0.1) is 0 Å². The first kappa shape index (κ1) is 13.2. The maximum absolute atomic E-state index is 11.8. The van der Waals surface area contributed by atoms with Crippen molar-refractivity contribution in [2.45, 2.75) is 18.8 Å². The predicted octanol–water partition coefficient (Wildman–Crippen LogP) is 2.43. The van der Waals surface area contributed by atoms with Crippen LogP contribution in [0.1, 0.15) is 34.7 Å². The fraction of sp³-hybridized carbons (Fsp3) is 0.438. The van der Waals surface area contributed by atoms with E-state index in [1.807, 2.05) is 17.8 Å². The van der Waals surface area contributed by atoms with Gasteiger partial charge in [0, 0.05) is 24.1 Å². The highest BCUT2D eigenvalue weighted by Crippen LogP contribution is 2.30. The third-order valence-electron chi connectivity index (χ3n) is 4.23. The van der Waals surface area contributed by atoms with E-state index in [1.165, 1.54) is 25.5 Å². The fourth-order valence-electron chi connectivity index (χ4n) is 3.08. The monoisotopic (exact) mass is 272 g/mol. The minimum Gasteiger partial charge on any atom is -0.465 e. The van der Waals surface area contributed by atoms with Crippen LogP contribution in [0.5, 0.6) is 0 Å². The second-order valence-corrected chi connectivity index (χ2v) is 5.45. The molecule has 1 N–H and O–H groups in total. The fourth-order valence-corrected chi connectivity index (χ4v) is 3.08. The molecule has 0 saturated carbocycles. The summed E-state index contributed by atoms with van der Waals surface area (Å²) in [5, 5.41) is 4.36. The molecule has 0 bridgehead atoms. The summed E-state index contributed by atoms with van der Waals surface area (Å²) in [7, 11) is 3.39. The number of aromatic nitrogens is 1. The lowest BCUT2D eigenvalue weighted by atomic mass is 9.89. The Balaban J connectivity index is 2.03. The first-order chi connectivity index (χ1) is 9.70. The molecule has 1 saturated heterocycles. The molecule has 0 aliphatic carbocycles. The van der Waals surface area contributed by atoms with Crippen LogP contribution < -0.4 is 5.32 Å². The molecular formula is C16H20N2O2. The quantitative estimate of drug-likeness (QED) is 0.854. The lowest BCUT2D eigenvalue weighted by Gasteiger charge is -2.23. The number of fused-ring (bicyclic) bond motifs is 1. The number of piperidine rings is 1. The van der Waals surface area contributed by atoms with Crippen LogP contribution in [-0.2, 0) is 11.8 Å². The molecular weight excluding hydrogens is 252 g/mol. The molecule has 2 heterocycles. The zero-order valence-electron chi connectivity index (χ0n) is 12.0. The summed E-state index contributed by atoms with van der Waals surface area (Å²) in [5.74, 6) is 0.349. The summed E-state index contributed by atoms with van der Waals surface area (Å²) in [6, 6.07) is 6.43. The molecule has 0 spiro atoms. The summed E-state index contributed by atoms with van der Waals surface area (Å²) < 4.78 is 6.85. The first-order valence-corrected chi connectivity index (χ1v) is 7.08. The molecule has 4 nitrogen and oxygen atoms in total. The summed E-state index contributed by atoms with van der Waals surface area (Å²) in [4.78, 5) is 11.8. The zero-order valence-corrected chi connectivity index (χ0v) is 12.0. The number of carbonyl (C=O) groups excluding carboxylic acids is 1. The average Bonchev–Trinajstić information content (AvgIpc) is 2.84. The van der Waals surface area contributed by atoms with E-state index in [0.717, 1.165) is 24.0 Å². The van der Waals surface area contributed by atoms with E-state index in [2.05, 4.69) is 23.5 Å². The van der Waals surface area contributed by atoms with Gasteiger partial charge in [0.25, 0.3) is 0 Å². The van der Waals surface area contributed by atoms with Gasteiger partial charge in [-0.3, -0.25) is 0 Å². The van der Waals surface area contributed by atoms with Gasteiger partial charge >= 0.3 is 5.97 Å². The number of rotatable bonds is 2. The van der Waals surface area contributed by atoms with Crippen LogP contribution in [0.2, 0.25) is 0 Å². The predicted molar refractivity (Wildman–Crippen MR) is 79.1 cm³/mol. The molecule has 2 aromatic rings. The Kier molecular flexibility index (Phi) is 3.49. The lowest BCUT2D eigenvalue weighted by molar-refractivity contribution is 0.0603. The lowest BCUT2D eigenvalue weighted by Crippen LogP contribution is -2.26. The second kappa shape index (κ2) is 5.29. The Bertz CT molecular complexity index is 639. The number of methoxy groups -OCH3 is 1. The van der Waals surface area contributed by atoms with Gasteiger partial charge in [0.15, 0.2) is 0 Å². The third-order valence-corrected chi connectivity index (χ3v) is 4.23. The van der Waals surface area contributed by atoms with Crippen molar-refractivity contribution in [3.63, 3.8) is 0 Å². The van der Waals surface area contributed by atoms with Gasteiger partial charge in [-0.2, -0.15) is 0 Å². The molecule has 1 aliphatic heterocycles. The van der Waals surface area contributed by atoms with Gasteiger partial charge in [0.1, 0.15) is 0 Å². The number of nitrogens with one attached hydrogen (secondary N) is 1. The van der Waals surface area contributed by atoms with Crippen LogP contribution in [0.15, 0.2) is 24.4 Å². The number of esters is 1. The molecule has 0 atom stereocenters. The summed E-state index contributed by atoms with van der Waals surface area (Å²) in [6.45, 7) is 2.17. The van der Waals surface area contributed by atoms with Crippen molar-refractivity contribution < 1.29 is 9.53 Å². The standard InChI is InChI=1S/C16H20N2O2/c1-18-10-14(16(19)20-2)13-4-3-12(9-15(13)18)11-5-7-17-8-6-11/h3-4,9-11,17H,5-8H2,1-2H3. The topological polar surface area (TPSA) is 43.3 Å². The first-order valence-electron chi connectivity index (χ1n) is 7.08. The van der Waals surface area contributed by atoms with Crippen molar-refractivity contribution >= 4 is 16.9 Å². The average molecular weight is 272 g/mol. The van der Waals surface area contributed by atoms with E-state index < -0.39 is 0 Å². The van der Waals surface area contributed by atoms with Gasteiger partial charge in [-0.1, -0.05) is 12.1 Å². The molecule has 1 aromatic carbocycles. The number of carbonyl (C=O) groups is 1. The zero-order chi connectivity index (χ0) is 14.1. The normalized spacial score (nSPS) is 16.5. The van der Waals surface area contributed by atoms with Crippen LogP contribution in [0.3, 0.4) is 0 Å². The molecule has 20 heavy (non-hydrogen) atoms. The molecule has 1 fully saturated rings. The minimum atomic E-state index is -0.273. The molecule has 0 unspecified atom stereocenters. The highest BCUT2D eigenvalue weighted by atomic mass is 16.5. The molecule has 1 aromatic heterocycles. The number of hydrogen-bond donors (Lipinski definition) is 1. The number of ether oxygens (including phenoxy) is 1. The maximum Gasteiger partial charge on any atom is 0.340 e. The number of hydrogen-bond acceptors (Lipinski definition) is 3. The highest BCUT2D eigenvalue weighted by molar-refractivity contribution is 6.04. The molecule has 1 aliphatic rings. The molecule has 0 radical (unpaired) electrons. The van der Waals surface area contributed by atoms with Crippen molar-refractivity contribution in [3.05, 3.63) is 35.5 Å². The van der Waals surface area contributed by atoms with Crippen LogP contribution in [0.25, 0.3) is 10.9 Å². The van der Waals surface area contributed by atoms with Crippen molar-refractivity contribution in [1.29, 1.82) is 0 Å².